The second kappa shape index (κ2) is 9.46. The normalized spacial score (nSPS) is 17.3. The first-order valence-corrected chi connectivity index (χ1v) is 9.09. The maximum atomic E-state index is 10.5. The molecule has 7 heteroatoms. The molecule has 0 unspecified atom stereocenters. The summed E-state index contributed by atoms with van der Waals surface area (Å²) in [7, 11) is 0. The summed E-state index contributed by atoms with van der Waals surface area (Å²) in [6, 6.07) is 4.40. The number of nitrogens with one attached hydrogen (secondary N) is 1. The van der Waals surface area contributed by atoms with Crippen LogP contribution in [0.3, 0.4) is 0 Å². The van der Waals surface area contributed by atoms with Crippen molar-refractivity contribution in [1.82, 2.24) is 10.2 Å². The number of benzene rings is 1. The van der Waals surface area contributed by atoms with Crippen molar-refractivity contribution >= 4 is 70.0 Å². The van der Waals surface area contributed by atoms with Crippen LogP contribution in [0.1, 0.15) is 32.4 Å². The van der Waals surface area contributed by atoms with Gasteiger partial charge in [0.15, 0.2) is 0 Å². The number of nitrogens with zero attached hydrogens (tertiary/aromatic N) is 1. The quantitative estimate of drug-likeness (QED) is 0.515. The maximum Gasteiger partial charge on any atom is 0.133 e. The Morgan fingerprint density at radius 3 is 2.18 bits per heavy atom. The number of halogens is 4. The number of rotatable bonds is 2. The van der Waals surface area contributed by atoms with Crippen LogP contribution in [0.2, 0.25) is 0 Å². The van der Waals surface area contributed by atoms with Gasteiger partial charge in [-0.25, -0.2) is 0 Å². The molecule has 0 bridgehead atoms. The van der Waals surface area contributed by atoms with E-state index in [4.69, 9.17) is 0 Å². The smallest absolute Gasteiger partial charge is 0.133 e. The van der Waals surface area contributed by atoms with E-state index in [9.17, 15) is 5.11 Å². The van der Waals surface area contributed by atoms with Gasteiger partial charge in [0.05, 0.1) is 3.57 Å². The molecular weight excluding hydrogens is 549 g/mol. The number of hydrogen-bond acceptors (Lipinski definition) is 3. The molecule has 0 aliphatic carbocycles. The summed E-state index contributed by atoms with van der Waals surface area (Å²) in [5, 5.41) is 13.9. The minimum Gasteiger partial charge on any atom is -0.506 e. The number of phenolic OH excluding ortho intramolecular Hbond substituents is 1. The van der Waals surface area contributed by atoms with E-state index in [0.717, 1.165) is 35.3 Å². The van der Waals surface area contributed by atoms with E-state index >= 15 is 0 Å². The molecule has 128 valence electrons. The van der Waals surface area contributed by atoms with Crippen LogP contribution in [-0.4, -0.2) is 36.2 Å². The Kier molecular flexibility index (Phi) is 9.88. The summed E-state index contributed by atoms with van der Waals surface area (Å²) >= 11 is 4.56. The van der Waals surface area contributed by atoms with E-state index in [1.807, 2.05) is 6.07 Å². The lowest BCUT2D eigenvalue weighted by atomic mass is 9.80. The largest absolute Gasteiger partial charge is 0.506 e. The zero-order valence-corrected chi connectivity index (χ0v) is 19.0. The van der Waals surface area contributed by atoms with Crippen LogP contribution in [0.25, 0.3) is 0 Å². The van der Waals surface area contributed by atoms with Gasteiger partial charge in [0.25, 0.3) is 0 Å². The fourth-order valence-electron chi connectivity index (χ4n) is 2.95. The topological polar surface area (TPSA) is 35.5 Å². The number of phenols is 1. The lowest BCUT2D eigenvalue weighted by Crippen LogP contribution is -2.48. The Balaban J connectivity index is 0.00000220. The molecule has 0 saturated carbocycles. The first-order valence-electron chi connectivity index (χ1n) is 6.93. The van der Waals surface area contributed by atoms with Gasteiger partial charge in [0.2, 0.25) is 0 Å². The zero-order chi connectivity index (χ0) is 14.9. The summed E-state index contributed by atoms with van der Waals surface area (Å²) in [5.41, 5.74) is 1.15. The van der Waals surface area contributed by atoms with Gasteiger partial charge in [-0.2, -0.15) is 0 Å². The molecule has 1 heterocycles. The van der Waals surface area contributed by atoms with Crippen molar-refractivity contribution in [3.8, 4) is 5.75 Å². The highest BCUT2D eigenvalue weighted by Crippen LogP contribution is 2.43. The van der Waals surface area contributed by atoms with Gasteiger partial charge in [-0.05, 0) is 62.7 Å². The molecule has 1 fully saturated rings. The molecule has 0 aromatic heterocycles. The molecule has 1 aromatic rings. The highest BCUT2D eigenvalue weighted by molar-refractivity contribution is 14.1. The molecule has 1 saturated heterocycles. The number of piperazine rings is 1. The maximum absolute atomic E-state index is 10.5. The molecule has 1 aliphatic heterocycles. The molecule has 3 nitrogen and oxygen atoms in total. The fraction of sp³-hybridized carbons (Fsp3) is 0.600. The summed E-state index contributed by atoms with van der Waals surface area (Å²) in [6.07, 6.45) is 0. The fourth-order valence-corrected chi connectivity index (χ4v) is 4.84. The Morgan fingerprint density at radius 1 is 1.14 bits per heavy atom. The molecule has 2 rings (SSSR count). The monoisotopic (exact) mass is 572 g/mol. The summed E-state index contributed by atoms with van der Waals surface area (Å²) in [4.78, 5) is 2.50. The lowest BCUT2D eigenvalue weighted by Gasteiger charge is -2.43. The first-order chi connectivity index (χ1) is 9.30. The average molecular weight is 573 g/mol. The minimum absolute atomic E-state index is 0. The van der Waals surface area contributed by atoms with Crippen LogP contribution in [0.5, 0.6) is 5.75 Å². The molecule has 1 aromatic carbocycles. The Hall–Kier alpha value is 0.980. The molecule has 0 spiro atoms. The third kappa shape index (κ3) is 5.51. The van der Waals surface area contributed by atoms with Crippen molar-refractivity contribution in [3.05, 3.63) is 24.8 Å². The Bertz CT molecular complexity index is 489. The van der Waals surface area contributed by atoms with E-state index in [0.29, 0.717) is 5.75 Å². The lowest BCUT2D eigenvalue weighted by molar-refractivity contribution is 0.0841. The van der Waals surface area contributed by atoms with Gasteiger partial charge < -0.3 is 10.4 Å². The summed E-state index contributed by atoms with van der Waals surface area (Å²) in [5.74, 6) is 0.449. The van der Waals surface area contributed by atoms with Crippen LogP contribution in [0.4, 0.5) is 0 Å². The highest BCUT2D eigenvalue weighted by atomic mass is 127. The van der Waals surface area contributed by atoms with Crippen molar-refractivity contribution in [2.45, 2.75) is 26.8 Å². The molecular formula is C15H24Cl2I2N2O. The molecule has 2 N–H and O–H groups in total. The first kappa shape index (κ1) is 23.0. The van der Waals surface area contributed by atoms with Crippen LogP contribution in [-0.2, 0) is 0 Å². The summed E-state index contributed by atoms with van der Waals surface area (Å²) < 4.78 is 2.12. The number of aromatic hydroxyl groups is 1. The number of hydrogen-bond donors (Lipinski definition) is 2. The van der Waals surface area contributed by atoms with Crippen molar-refractivity contribution in [2.75, 3.05) is 26.2 Å². The molecule has 0 radical (unpaired) electrons. The third-order valence-corrected chi connectivity index (χ3v) is 5.13. The van der Waals surface area contributed by atoms with E-state index in [2.05, 4.69) is 82.2 Å². The van der Waals surface area contributed by atoms with Crippen molar-refractivity contribution < 1.29 is 5.11 Å². The third-order valence-electron chi connectivity index (χ3n) is 3.69. The van der Waals surface area contributed by atoms with Crippen molar-refractivity contribution in [2.24, 2.45) is 5.41 Å². The van der Waals surface area contributed by atoms with Gasteiger partial charge in [-0.1, -0.05) is 20.8 Å². The highest BCUT2D eigenvalue weighted by Gasteiger charge is 2.34. The minimum atomic E-state index is 0. The van der Waals surface area contributed by atoms with E-state index in [1.54, 1.807) is 0 Å². The Labute approximate surface area is 173 Å². The van der Waals surface area contributed by atoms with E-state index in [-0.39, 0.29) is 36.3 Å². The molecule has 22 heavy (non-hydrogen) atoms. The van der Waals surface area contributed by atoms with Gasteiger partial charge >= 0.3 is 0 Å². The van der Waals surface area contributed by atoms with Crippen LogP contribution in [0.15, 0.2) is 12.1 Å². The van der Waals surface area contributed by atoms with E-state index < -0.39 is 0 Å². The van der Waals surface area contributed by atoms with Crippen LogP contribution >= 0.6 is 70.0 Å². The molecule has 1 atom stereocenters. The van der Waals surface area contributed by atoms with Crippen molar-refractivity contribution in [1.29, 1.82) is 0 Å². The second-order valence-corrected chi connectivity index (χ2v) is 8.79. The standard InChI is InChI=1S/C15H22I2N2O.2ClH/c1-15(2,3)14(19-6-4-18-5-7-19)11-8-10(16)9-12(17)13(11)20;;/h8-9,14,18,20H,4-7H2,1-3H3;2*1H/t14-;;/m0../s1. The van der Waals surface area contributed by atoms with Crippen molar-refractivity contribution in [3.63, 3.8) is 0 Å². The zero-order valence-electron chi connectivity index (χ0n) is 13.0. The summed E-state index contributed by atoms with van der Waals surface area (Å²) in [6.45, 7) is 10.9. The molecule has 0 amide bonds. The van der Waals surface area contributed by atoms with Crippen LogP contribution in [0, 0.1) is 12.6 Å². The average Bonchev–Trinajstić information content (AvgIpc) is 2.35. The van der Waals surface area contributed by atoms with Gasteiger partial charge in [0.1, 0.15) is 5.75 Å². The predicted octanol–water partition coefficient (Wildman–Crippen LogP) is 4.44. The molecule has 1 aliphatic rings. The van der Waals surface area contributed by atoms with Crippen LogP contribution < -0.4 is 5.32 Å². The van der Waals surface area contributed by atoms with Gasteiger partial charge in [-0.3, -0.25) is 4.90 Å². The van der Waals surface area contributed by atoms with Gasteiger partial charge in [-0.15, -0.1) is 24.8 Å². The van der Waals surface area contributed by atoms with Gasteiger partial charge in [0, 0.05) is 41.4 Å². The SMILES string of the molecule is CC(C)(C)[C@H](c1cc(I)cc(I)c1O)N1CCNCC1.Cl.Cl. The van der Waals surface area contributed by atoms with E-state index in [1.165, 1.54) is 3.57 Å². The second-order valence-electron chi connectivity index (χ2n) is 6.38. The Morgan fingerprint density at radius 2 is 1.68 bits per heavy atom. The predicted molar refractivity (Wildman–Crippen MR) is 115 cm³/mol.